The van der Waals surface area contributed by atoms with E-state index in [2.05, 4.69) is 62.4 Å². The number of carbonyl (C=O) groups is 2. The molecule has 1 aliphatic heterocycles. The summed E-state index contributed by atoms with van der Waals surface area (Å²) in [5.74, 6) is -1.21. The number of amides is 2. The fourth-order valence-corrected chi connectivity index (χ4v) is 4.21. The van der Waals surface area contributed by atoms with Crippen molar-refractivity contribution >= 4 is 23.2 Å². The number of hydrogen-bond acceptors (Lipinski definition) is 4. The molecule has 1 aromatic rings. The minimum absolute atomic E-state index is 0.0282. The third-order valence-electron chi connectivity index (χ3n) is 4.99. The molecule has 1 fully saturated rings. The monoisotopic (exact) mass is 374 g/mol. The molecule has 150 valence electrons. The lowest BCUT2D eigenvalue weighted by Gasteiger charge is -2.46. The van der Waals surface area contributed by atoms with Crippen molar-refractivity contribution in [3.63, 3.8) is 0 Å². The third-order valence-corrected chi connectivity index (χ3v) is 4.99. The highest BCUT2D eigenvalue weighted by atomic mass is 16.2. The van der Waals surface area contributed by atoms with Crippen molar-refractivity contribution < 1.29 is 9.59 Å². The lowest BCUT2D eigenvalue weighted by molar-refractivity contribution is -0.137. The molecule has 1 heterocycles. The van der Waals surface area contributed by atoms with Gasteiger partial charge in [0.05, 0.1) is 0 Å². The van der Waals surface area contributed by atoms with Crippen molar-refractivity contribution in [2.45, 2.75) is 71.5 Å². The Labute approximate surface area is 163 Å². The van der Waals surface area contributed by atoms with Crippen LogP contribution in [0.4, 0.5) is 11.4 Å². The molecule has 0 radical (unpaired) electrons. The third kappa shape index (κ3) is 5.96. The molecule has 6 nitrogen and oxygen atoms in total. The van der Waals surface area contributed by atoms with Gasteiger partial charge < -0.3 is 20.9 Å². The van der Waals surface area contributed by atoms with Crippen molar-refractivity contribution in [3.8, 4) is 0 Å². The van der Waals surface area contributed by atoms with Crippen LogP contribution in [0.3, 0.4) is 0 Å². The Kier molecular flexibility index (Phi) is 6.52. The van der Waals surface area contributed by atoms with Crippen LogP contribution >= 0.6 is 0 Å². The number of benzene rings is 1. The molecule has 0 aromatic heterocycles. The van der Waals surface area contributed by atoms with Crippen LogP contribution in [0.1, 0.15) is 54.4 Å². The van der Waals surface area contributed by atoms with E-state index >= 15 is 0 Å². The van der Waals surface area contributed by atoms with E-state index in [-0.39, 0.29) is 17.1 Å². The fraction of sp³-hybridized carbons (Fsp3) is 0.619. The molecule has 1 saturated heterocycles. The average Bonchev–Trinajstić information content (AvgIpc) is 2.54. The van der Waals surface area contributed by atoms with E-state index < -0.39 is 11.8 Å². The van der Waals surface area contributed by atoms with Gasteiger partial charge in [-0.25, -0.2) is 0 Å². The van der Waals surface area contributed by atoms with Crippen molar-refractivity contribution in [1.29, 1.82) is 0 Å². The lowest BCUT2D eigenvalue weighted by Crippen LogP contribution is -2.62. The molecule has 0 bridgehead atoms. The summed E-state index contributed by atoms with van der Waals surface area (Å²) in [4.78, 5) is 26.9. The van der Waals surface area contributed by atoms with Gasteiger partial charge >= 0.3 is 11.8 Å². The second-order valence-electron chi connectivity index (χ2n) is 8.64. The van der Waals surface area contributed by atoms with E-state index in [0.29, 0.717) is 5.69 Å². The first-order chi connectivity index (χ1) is 12.5. The zero-order valence-corrected chi connectivity index (χ0v) is 17.5. The van der Waals surface area contributed by atoms with Gasteiger partial charge in [0.15, 0.2) is 0 Å². The van der Waals surface area contributed by atoms with Crippen LogP contribution in [0.2, 0.25) is 0 Å². The Hall–Kier alpha value is -2.08. The minimum Gasteiger partial charge on any atom is -0.372 e. The minimum atomic E-state index is -0.625. The SMILES string of the molecule is CCN(CC)c1ccc(NC(=O)C(=O)NC2CC(C)(C)NC(C)(C)C2)cc1. The van der Waals surface area contributed by atoms with Crippen LogP contribution in [-0.4, -0.2) is 42.0 Å². The van der Waals surface area contributed by atoms with Gasteiger partial charge in [-0.15, -0.1) is 0 Å². The average molecular weight is 375 g/mol. The van der Waals surface area contributed by atoms with Gasteiger partial charge in [0.1, 0.15) is 0 Å². The predicted octanol–water partition coefficient (Wildman–Crippen LogP) is 2.90. The Morgan fingerprint density at radius 2 is 1.52 bits per heavy atom. The quantitative estimate of drug-likeness (QED) is 0.693. The van der Waals surface area contributed by atoms with E-state index in [0.717, 1.165) is 31.6 Å². The van der Waals surface area contributed by atoms with Crippen molar-refractivity contribution in [1.82, 2.24) is 10.6 Å². The van der Waals surface area contributed by atoms with E-state index in [1.165, 1.54) is 0 Å². The number of piperidine rings is 1. The van der Waals surface area contributed by atoms with Crippen LogP contribution in [0.25, 0.3) is 0 Å². The molecule has 2 rings (SSSR count). The zero-order valence-electron chi connectivity index (χ0n) is 17.5. The molecular formula is C21H34N4O2. The van der Waals surface area contributed by atoms with Crippen molar-refractivity contribution in [2.75, 3.05) is 23.3 Å². The summed E-state index contributed by atoms with van der Waals surface area (Å²) in [5.41, 5.74) is 1.55. The van der Waals surface area contributed by atoms with Crippen LogP contribution < -0.4 is 20.9 Å². The molecule has 6 heteroatoms. The summed E-state index contributed by atoms with van der Waals surface area (Å²) in [5, 5.41) is 9.16. The molecule has 2 amide bonds. The van der Waals surface area contributed by atoms with Gasteiger partial charge in [0.25, 0.3) is 0 Å². The molecule has 0 aliphatic carbocycles. The zero-order chi connectivity index (χ0) is 20.2. The topological polar surface area (TPSA) is 73.5 Å². The van der Waals surface area contributed by atoms with Crippen LogP contribution in [0.5, 0.6) is 0 Å². The Bertz CT molecular complexity index is 647. The van der Waals surface area contributed by atoms with Gasteiger partial charge in [0.2, 0.25) is 0 Å². The molecule has 0 saturated carbocycles. The highest BCUT2D eigenvalue weighted by Gasteiger charge is 2.38. The Morgan fingerprint density at radius 3 is 2.00 bits per heavy atom. The molecule has 0 spiro atoms. The summed E-state index contributed by atoms with van der Waals surface area (Å²) in [7, 11) is 0. The normalized spacial score (nSPS) is 18.6. The number of nitrogens with one attached hydrogen (secondary N) is 3. The maximum atomic E-state index is 12.4. The largest absolute Gasteiger partial charge is 0.372 e. The second kappa shape index (κ2) is 8.30. The van der Waals surface area contributed by atoms with Gasteiger partial charge in [-0.05, 0) is 78.6 Å². The van der Waals surface area contributed by atoms with Gasteiger partial charge in [-0.2, -0.15) is 0 Å². The van der Waals surface area contributed by atoms with E-state index in [1.807, 2.05) is 24.3 Å². The number of carbonyl (C=O) groups excluding carboxylic acids is 2. The second-order valence-corrected chi connectivity index (χ2v) is 8.64. The van der Waals surface area contributed by atoms with E-state index in [1.54, 1.807) is 0 Å². The first kappa shape index (κ1) is 21.2. The maximum Gasteiger partial charge on any atom is 0.313 e. The van der Waals surface area contributed by atoms with Crippen LogP contribution in [0.15, 0.2) is 24.3 Å². The Morgan fingerprint density at radius 1 is 1.00 bits per heavy atom. The maximum absolute atomic E-state index is 12.4. The summed E-state index contributed by atoms with van der Waals surface area (Å²) in [6.07, 6.45) is 1.57. The van der Waals surface area contributed by atoms with Crippen LogP contribution in [0, 0.1) is 0 Å². The molecular weight excluding hydrogens is 340 g/mol. The summed E-state index contributed by atoms with van der Waals surface area (Å²) >= 11 is 0. The fourth-order valence-electron chi connectivity index (χ4n) is 4.21. The lowest BCUT2D eigenvalue weighted by atomic mass is 9.79. The van der Waals surface area contributed by atoms with Crippen LogP contribution in [-0.2, 0) is 9.59 Å². The Balaban J connectivity index is 1.95. The summed E-state index contributed by atoms with van der Waals surface area (Å²) in [6.45, 7) is 14.5. The van der Waals surface area contributed by atoms with Gasteiger partial charge in [-0.1, -0.05) is 0 Å². The molecule has 3 N–H and O–H groups in total. The summed E-state index contributed by atoms with van der Waals surface area (Å²) < 4.78 is 0. The molecule has 1 aromatic carbocycles. The number of anilines is 2. The molecule has 0 unspecified atom stereocenters. The number of nitrogens with zero attached hydrogens (tertiary/aromatic N) is 1. The standard InChI is InChI=1S/C21H34N4O2/c1-7-25(8-2)17-11-9-15(10-12-17)22-18(26)19(27)23-16-13-20(3,4)24-21(5,6)14-16/h9-12,16,24H,7-8,13-14H2,1-6H3,(H,22,26)(H,23,27). The van der Waals surface area contributed by atoms with E-state index in [9.17, 15) is 9.59 Å². The molecule has 0 atom stereocenters. The molecule has 27 heavy (non-hydrogen) atoms. The first-order valence-corrected chi connectivity index (χ1v) is 9.81. The predicted molar refractivity (Wildman–Crippen MR) is 111 cm³/mol. The number of hydrogen-bond donors (Lipinski definition) is 3. The van der Waals surface area contributed by atoms with Gasteiger partial charge in [-0.3, -0.25) is 9.59 Å². The first-order valence-electron chi connectivity index (χ1n) is 9.81. The van der Waals surface area contributed by atoms with E-state index in [4.69, 9.17) is 0 Å². The van der Waals surface area contributed by atoms with Crippen molar-refractivity contribution in [2.24, 2.45) is 0 Å². The highest BCUT2D eigenvalue weighted by Crippen LogP contribution is 2.28. The number of rotatable bonds is 5. The van der Waals surface area contributed by atoms with Crippen molar-refractivity contribution in [3.05, 3.63) is 24.3 Å². The molecule has 1 aliphatic rings. The smallest absolute Gasteiger partial charge is 0.313 e. The summed E-state index contributed by atoms with van der Waals surface area (Å²) in [6, 6.07) is 7.54. The van der Waals surface area contributed by atoms with Gasteiger partial charge in [0, 0.05) is 41.6 Å². The highest BCUT2D eigenvalue weighted by molar-refractivity contribution is 6.39.